The van der Waals surface area contributed by atoms with Gasteiger partial charge >= 0.3 is 0 Å². The highest BCUT2D eigenvalue weighted by atomic mass is 16.5. The summed E-state index contributed by atoms with van der Waals surface area (Å²) in [5.41, 5.74) is 2.44. The predicted octanol–water partition coefficient (Wildman–Crippen LogP) is 4.52. The van der Waals surface area contributed by atoms with Crippen LogP contribution in [0.2, 0.25) is 0 Å². The minimum absolute atomic E-state index is 0.0158. The molecule has 3 rings (SSSR count). The van der Waals surface area contributed by atoms with E-state index >= 15 is 0 Å². The number of likely N-dealkylation sites (N-methyl/N-ethyl adjacent to an activating group) is 1. The van der Waals surface area contributed by atoms with Gasteiger partial charge in [0.15, 0.2) is 0 Å². The Balaban J connectivity index is 1.62. The molecule has 0 aliphatic heterocycles. The average molecular weight is 309 g/mol. The lowest BCUT2D eigenvalue weighted by molar-refractivity contribution is 0.0561. The van der Waals surface area contributed by atoms with E-state index in [1.807, 2.05) is 0 Å². The van der Waals surface area contributed by atoms with Crippen LogP contribution in [0, 0.1) is 5.92 Å². The lowest BCUT2D eigenvalue weighted by atomic mass is 10.0. The van der Waals surface area contributed by atoms with Crippen molar-refractivity contribution in [3.8, 4) is 0 Å². The third kappa shape index (κ3) is 4.43. The van der Waals surface area contributed by atoms with Crippen LogP contribution in [-0.4, -0.2) is 31.1 Å². The van der Waals surface area contributed by atoms with E-state index in [4.69, 9.17) is 4.74 Å². The summed E-state index contributed by atoms with van der Waals surface area (Å²) in [5.74, 6) is 0.902. The Bertz CT molecular complexity index is 540. The minimum Gasteiger partial charge on any atom is -0.367 e. The molecule has 0 saturated heterocycles. The number of hydrogen-bond acceptors (Lipinski definition) is 2. The molecular weight excluding hydrogens is 282 g/mol. The molecule has 0 bridgehead atoms. The predicted molar refractivity (Wildman–Crippen MR) is 95.5 cm³/mol. The van der Waals surface area contributed by atoms with E-state index in [-0.39, 0.29) is 6.10 Å². The van der Waals surface area contributed by atoms with Gasteiger partial charge in [0.2, 0.25) is 0 Å². The van der Waals surface area contributed by atoms with Crippen LogP contribution in [0.15, 0.2) is 60.7 Å². The van der Waals surface area contributed by atoms with E-state index in [2.05, 4.69) is 79.5 Å². The van der Waals surface area contributed by atoms with Gasteiger partial charge < -0.3 is 9.64 Å². The molecule has 1 fully saturated rings. The minimum atomic E-state index is 0.0158. The van der Waals surface area contributed by atoms with Crippen LogP contribution in [0.4, 0.5) is 0 Å². The molecule has 0 aromatic heterocycles. The smallest absolute Gasteiger partial charge is 0.108 e. The zero-order valence-electron chi connectivity index (χ0n) is 14.2. The maximum absolute atomic E-state index is 6.29. The van der Waals surface area contributed by atoms with Gasteiger partial charge in [-0.15, -0.1) is 0 Å². The third-order valence-corrected chi connectivity index (χ3v) is 4.93. The van der Waals surface area contributed by atoms with Crippen molar-refractivity contribution in [1.29, 1.82) is 0 Å². The maximum atomic E-state index is 6.29. The molecule has 0 amide bonds. The second-order valence-corrected chi connectivity index (χ2v) is 6.63. The molecular formula is C21H27NO. The summed E-state index contributed by atoms with van der Waals surface area (Å²) in [7, 11) is 2.21. The Morgan fingerprint density at radius 2 is 1.48 bits per heavy atom. The lowest BCUT2D eigenvalue weighted by Crippen LogP contribution is -2.33. The molecule has 0 radical (unpaired) electrons. The van der Waals surface area contributed by atoms with Gasteiger partial charge in [0.1, 0.15) is 6.10 Å². The first kappa shape index (κ1) is 16.2. The maximum Gasteiger partial charge on any atom is 0.108 e. The highest BCUT2D eigenvalue weighted by Gasteiger charge is 2.30. The Hall–Kier alpha value is -1.64. The SMILES string of the molecule is CC(C1CC1)N(C)CCOC(c1ccccc1)c1ccccc1. The molecule has 2 aromatic rings. The molecule has 0 heterocycles. The van der Waals surface area contributed by atoms with E-state index < -0.39 is 0 Å². The molecule has 1 unspecified atom stereocenters. The van der Waals surface area contributed by atoms with Gasteiger partial charge in [-0.3, -0.25) is 0 Å². The van der Waals surface area contributed by atoms with Crippen molar-refractivity contribution in [1.82, 2.24) is 4.90 Å². The van der Waals surface area contributed by atoms with Gasteiger partial charge in [-0.25, -0.2) is 0 Å². The number of rotatable bonds is 8. The molecule has 1 saturated carbocycles. The number of ether oxygens (including phenoxy) is 1. The summed E-state index contributed by atoms with van der Waals surface area (Å²) in [5, 5.41) is 0. The van der Waals surface area contributed by atoms with Gasteiger partial charge in [-0.05, 0) is 43.9 Å². The Morgan fingerprint density at radius 1 is 0.957 bits per heavy atom. The van der Waals surface area contributed by atoms with Crippen LogP contribution >= 0.6 is 0 Å². The lowest BCUT2D eigenvalue weighted by Gasteiger charge is -2.26. The van der Waals surface area contributed by atoms with Gasteiger partial charge in [-0.1, -0.05) is 60.7 Å². The van der Waals surface area contributed by atoms with Crippen molar-refractivity contribution in [3.05, 3.63) is 71.8 Å². The third-order valence-electron chi connectivity index (χ3n) is 4.93. The average Bonchev–Trinajstić information content (AvgIpc) is 3.44. The molecule has 2 aromatic carbocycles. The molecule has 1 aliphatic carbocycles. The monoisotopic (exact) mass is 309 g/mol. The summed E-state index contributed by atoms with van der Waals surface area (Å²) in [6, 6.07) is 21.7. The number of hydrogen-bond donors (Lipinski definition) is 0. The fourth-order valence-electron chi connectivity index (χ4n) is 3.10. The summed E-state index contributed by atoms with van der Waals surface area (Å²) < 4.78 is 6.29. The van der Waals surface area contributed by atoms with Gasteiger partial charge in [0.25, 0.3) is 0 Å². The highest BCUT2D eigenvalue weighted by molar-refractivity contribution is 5.29. The van der Waals surface area contributed by atoms with Crippen molar-refractivity contribution in [2.75, 3.05) is 20.2 Å². The van der Waals surface area contributed by atoms with E-state index in [1.54, 1.807) is 0 Å². The molecule has 2 nitrogen and oxygen atoms in total. The Morgan fingerprint density at radius 3 is 1.96 bits per heavy atom. The Labute approximate surface area is 140 Å². The highest BCUT2D eigenvalue weighted by Crippen LogP contribution is 2.34. The fourth-order valence-corrected chi connectivity index (χ4v) is 3.10. The second kappa shape index (κ2) is 7.76. The standard InChI is InChI=1S/C21H27NO/c1-17(18-13-14-18)22(2)15-16-23-21(19-9-5-3-6-10-19)20-11-7-4-8-12-20/h3-12,17-18,21H,13-16H2,1-2H3. The van der Waals surface area contributed by atoms with Gasteiger partial charge in [0, 0.05) is 12.6 Å². The van der Waals surface area contributed by atoms with Crippen molar-refractivity contribution >= 4 is 0 Å². The van der Waals surface area contributed by atoms with Crippen LogP contribution in [0.1, 0.15) is 37.0 Å². The summed E-state index contributed by atoms with van der Waals surface area (Å²) in [6.45, 7) is 4.07. The first-order valence-corrected chi connectivity index (χ1v) is 8.67. The molecule has 0 N–H and O–H groups in total. The molecule has 1 atom stereocenters. The Kier molecular flexibility index (Phi) is 5.47. The molecule has 122 valence electrons. The zero-order chi connectivity index (χ0) is 16.1. The van der Waals surface area contributed by atoms with Crippen molar-refractivity contribution in [2.24, 2.45) is 5.92 Å². The first-order chi connectivity index (χ1) is 11.3. The molecule has 23 heavy (non-hydrogen) atoms. The molecule has 2 heteroatoms. The van der Waals surface area contributed by atoms with E-state index in [0.29, 0.717) is 6.04 Å². The van der Waals surface area contributed by atoms with Crippen molar-refractivity contribution in [3.63, 3.8) is 0 Å². The van der Waals surface area contributed by atoms with E-state index in [9.17, 15) is 0 Å². The topological polar surface area (TPSA) is 12.5 Å². The van der Waals surface area contributed by atoms with Crippen LogP contribution in [0.3, 0.4) is 0 Å². The van der Waals surface area contributed by atoms with Gasteiger partial charge in [0.05, 0.1) is 6.61 Å². The summed E-state index contributed by atoms with van der Waals surface area (Å²) in [4.78, 5) is 2.44. The van der Waals surface area contributed by atoms with Crippen LogP contribution in [0.5, 0.6) is 0 Å². The number of benzene rings is 2. The quantitative estimate of drug-likeness (QED) is 0.710. The first-order valence-electron chi connectivity index (χ1n) is 8.67. The zero-order valence-corrected chi connectivity index (χ0v) is 14.2. The fraction of sp³-hybridized carbons (Fsp3) is 0.429. The number of nitrogens with zero attached hydrogens (tertiary/aromatic N) is 1. The van der Waals surface area contributed by atoms with Crippen LogP contribution < -0.4 is 0 Å². The van der Waals surface area contributed by atoms with E-state index in [1.165, 1.54) is 24.0 Å². The van der Waals surface area contributed by atoms with Gasteiger partial charge in [-0.2, -0.15) is 0 Å². The second-order valence-electron chi connectivity index (χ2n) is 6.63. The normalized spacial score (nSPS) is 16.0. The summed E-state index contributed by atoms with van der Waals surface area (Å²) >= 11 is 0. The van der Waals surface area contributed by atoms with Crippen LogP contribution in [0.25, 0.3) is 0 Å². The van der Waals surface area contributed by atoms with Crippen molar-refractivity contribution < 1.29 is 4.74 Å². The van der Waals surface area contributed by atoms with E-state index in [0.717, 1.165) is 19.1 Å². The van der Waals surface area contributed by atoms with Crippen LogP contribution in [-0.2, 0) is 4.74 Å². The molecule has 0 spiro atoms. The summed E-state index contributed by atoms with van der Waals surface area (Å²) in [6.07, 6.45) is 2.80. The largest absolute Gasteiger partial charge is 0.367 e. The van der Waals surface area contributed by atoms with Crippen molar-refractivity contribution in [2.45, 2.75) is 31.9 Å². The molecule has 1 aliphatic rings.